The van der Waals surface area contributed by atoms with Crippen LogP contribution < -0.4 is 10.6 Å². The molecule has 44 heavy (non-hydrogen) atoms. The van der Waals surface area contributed by atoms with Gasteiger partial charge in [0.05, 0.1) is 0 Å². The predicted molar refractivity (Wildman–Crippen MR) is 185 cm³/mol. The van der Waals surface area contributed by atoms with Gasteiger partial charge in [-0.25, -0.2) is 9.59 Å². The van der Waals surface area contributed by atoms with Gasteiger partial charge in [0.25, 0.3) is 0 Å². The van der Waals surface area contributed by atoms with Crippen molar-refractivity contribution in [3.05, 3.63) is 0 Å². The smallest absolute Gasteiger partial charge is 0.404 e. The summed E-state index contributed by atoms with van der Waals surface area (Å²) in [4.78, 5) is 50.8. The van der Waals surface area contributed by atoms with Gasteiger partial charge >= 0.3 is 12.2 Å². The molecule has 0 heterocycles. The fraction of sp³-hybridized carbons (Fsp3) is 0.875. The first kappa shape index (κ1) is 42.2. The SMILES string of the molecule is CC(C)(C)N(CCCCCNC(=O)O)C(=O)CCCCCSSCCCCCC(=O)N(CCCCCNC(=O)O)C(C)(C)C. The molecule has 4 N–H and O–H groups in total. The molecule has 10 nitrogen and oxygen atoms in total. The monoisotopic (exact) mass is 662 g/mol. The number of amides is 4. The lowest BCUT2D eigenvalue weighted by molar-refractivity contribution is -0.137. The molecule has 0 spiro atoms. The van der Waals surface area contributed by atoms with E-state index in [1.807, 2.05) is 31.4 Å². The number of nitrogens with one attached hydrogen (secondary N) is 2. The van der Waals surface area contributed by atoms with E-state index in [0.29, 0.717) is 39.0 Å². The third kappa shape index (κ3) is 23.5. The van der Waals surface area contributed by atoms with Crippen molar-refractivity contribution < 1.29 is 29.4 Å². The highest BCUT2D eigenvalue weighted by molar-refractivity contribution is 8.76. The van der Waals surface area contributed by atoms with Crippen molar-refractivity contribution in [3.8, 4) is 0 Å². The Morgan fingerprint density at radius 2 is 0.864 bits per heavy atom. The van der Waals surface area contributed by atoms with Gasteiger partial charge < -0.3 is 30.6 Å². The number of carbonyl (C=O) groups is 4. The number of hydrogen-bond donors (Lipinski definition) is 4. The zero-order valence-corrected chi connectivity index (χ0v) is 30.0. The van der Waals surface area contributed by atoms with Crippen molar-refractivity contribution in [2.24, 2.45) is 0 Å². The second-order valence-electron chi connectivity index (χ2n) is 13.3. The van der Waals surface area contributed by atoms with Gasteiger partial charge in [-0.05, 0) is 106 Å². The molecule has 0 fully saturated rings. The zero-order chi connectivity index (χ0) is 33.4. The number of hydrogen-bond acceptors (Lipinski definition) is 6. The van der Waals surface area contributed by atoms with E-state index in [4.69, 9.17) is 10.2 Å². The van der Waals surface area contributed by atoms with Crippen LogP contribution in [0.5, 0.6) is 0 Å². The number of carboxylic acid groups (broad SMARTS) is 2. The molecule has 12 heteroatoms. The molecule has 0 saturated heterocycles. The largest absolute Gasteiger partial charge is 0.465 e. The summed E-state index contributed by atoms with van der Waals surface area (Å²) in [7, 11) is 3.80. The summed E-state index contributed by atoms with van der Waals surface area (Å²) in [6, 6.07) is 0. The Bertz CT molecular complexity index is 752. The van der Waals surface area contributed by atoms with Gasteiger partial charge in [-0.3, -0.25) is 9.59 Å². The van der Waals surface area contributed by atoms with E-state index in [0.717, 1.165) is 88.6 Å². The number of nitrogens with zero attached hydrogens (tertiary/aromatic N) is 2. The Kier molecular flexibility index (Phi) is 23.4. The van der Waals surface area contributed by atoms with Crippen LogP contribution in [-0.4, -0.2) is 92.8 Å². The average Bonchev–Trinajstić information content (AvgIpc) is 2.90. The summed E-state index contributed by atoms with van der Waals surface area (Å²) in [6.45, 7) is 14.7. The van der Waals surface area contributed by atoms with Crippen LogP contribution >= 0.6 is 21.6 Å². The maximum atomic E-state index is 12.9. The lowest BCUT2D eigenvalue weighted by Crippen LogP contribution is -2.46. The van der Waals surface area contributed by atoms with Gasteiger partial charge in [-0.15, -0.1) is 0 Å². The van der Waals surface area contributed by atoms with Gasteiger partial charge in [0, 0.05) is 61.6 Å². The number of carbonyl (C=O) groups excluding carboxylic acids is 2. The van der Waals surface area contributed by atoms with Gasteiger partial charge in [0.15, 0.2) is 0 Å². The van der Waals surface area contributed by atoms with Crippen molar-refractivity contribution in [1.82, 2.24) is 20.4 Å². The van der Waals surface area contributed by atoms with Crippen molar-refractivity contribution in [2.45, 2.75) is 143 Å². The van der Waals surface area contributed by atoms with Gasteiger partial charge in [0.1, 0.15) is 0 Å². The molecule has 0 bridgehead atoms. The van der Waals surface area contributed by atoms with E-state index in [1.54, 1.807) is 0 Å². The van der Waals surface area contributed by atoms with Crippen LogP contribution in [0.4, 0.5) is 9.59 Å². The molecule has 0 rings (SSSR count). The lowest BCUT2D eigenvalue weighted by atomic mass is 10.0. The summed E-state index contributed by atoms with van der Waals surface area (Å²) in [5, 5.41) is 22.0. The van der Waals surface area contributed by atoms with E-state index in [1.165, 1.54) is 0 Å². The average molecular weight is 663 g/mol. The molecule has 0 aliphatic carbocycles. The van der Waals surface area contributed by atoms with E-state index < -0.39 is 12.2 Å². The summed E-state index contributed by atoms with van der Waals surface area (Å²) in [5.74, 6) is 2.57. The van der Waals surface area contributed by atoms with Crippen molar-refractivity contribution >= 4 is 45.6 Å². The minimum Gasteiger partial charge on any atom is -0.465 e. The highest BCUT2D eigenvalue weighted by atomic mass is 33.1. The molecular weight excluding hydrogens is 601 g/mol. The van der Waals surface area contributed by atoms with E-state index >= 15 is 0 Å². The molecule has 0 aromatic rings. The minimum atomic E-state index is -0.992. The van der Waals surface area contributed by atoms with Crippen molar-refractivity contribution in [2.75, 3.05) is 37.7 Å². The first-order valence-electron chi connectivity index (χ1n) is 16.4. The molecule has 0 aliphatic rings. The lowest BCUT2D eigenvalue weighted by Gasteiger charge is -2.36. The minimum absolute atomic E-state index is 0.206. The molecule has 0 radical (unpaired) electrons. The number of unbranched alkanes of at least 4 members (excludes halogenated alkanes) is 8. The molecule has 0 saturated carbocycles. The molecule has 0 aromatic heterocycles. The molecule has 0 aromatic carbocycles. The van der Waals surface area contributed by atoms with Crippen LogP contribution in [0.15, 0.2) is 0 Å². The summed E-state index contributed by atoms with van der Waals surface area (Å²) in [5.41, 5.74) is -0.433. The van der Waals surface area contributed by atoms with Crippen LogP contribution in [0.2, 0.25) is 0 Å². The van der Waals surface area contributed by atoms with Crippen molar-refractivity contribution in [1.29, 1.82) is 0 Å². The standard InChI is InChI=1S/C32H62N4O6S2/c1-31(2,3)35(23-15-9-13-21-33-29(39)40)27(37)19-11-7-17-25-43-44-26-18-8-12-20-28(38)36(32(4,5)6)24-16-10-14-22-34-30(41)42/h33-34H,7-26H2,1-6H3,(H,39,40)(H,41,42). The fourth-order valence-electron chi connectivity index (χ4n) is 4.82. The van der Waals surface area contributed by atoms with Crippen LogP contribution in [-0.2, 0) is 9.59 Å². The highest BCUT2D eigenvalue weighted by Gasteiger charge is 2.26. The predicted octanol–water partition coefficient (Wildman–Crippen LogP) is 7.62. The topological polar surface area (TPSA) is 139 Å². The van der Waals surface area contributed by atoms with Gasteiger partial charge in [-0.2, -0.15) is 0 Å². The molecule has 0 atom stereocenters. The Labute approximate surface area is 275 Å². The van der Waals surface area contributed by atoms with Gasteiger partial charge in [-0.1, -0.05) is 34.4 Å². The van der Waals surface area contributed by atoms with Crippen LogP contribution in [0.25, 0.3) is 0 Å². The quantitative estimate of drug-likeness (QED) is 0.0578. The van der Waals surface area contributed by atoms with Crippen molar-refractivity contribution in [3.63, 3.8) is 0 Å². The van der Waals surface area contributed by atoms with Crippen LogP contribution in [0.1, 0.15) is 131 Å². The Balaban J connectivity index is 3.96. The summed E-state index contributed by atoms with van der Waals surface area (Å²) in [6.07, 6.45) is 10.4. The number of rotatable bonds is 25. The molecular formula is C32H62N4O6S2. The second-order valence-corrected chi connectivity index (χ2v) is 16.0. The molecule has 258 valence electrons. The Morgan fingerprint density at radius 1 is 0.523 bits per heavy atom. The molecule has 4 amide bonds. The second kappa shape index (κ2) is 24.4. The van der Waals surface area contributed by atoms with Crippen LogP contribution in [0.3, 0.4) is 0 Å². The maximum Gasteiger partial charge on any atom is 0.404 e. The van der Waals surface area contributed by atoms with Gasteiger partial charge in [0.2, 0.25) is 11.8 Å². The summed E-state index contributed by atoms with van der Waals surface area (Å²) >= 11 is 0. The third-order valence-electron chi connectivity index (χ3n) is 7.21. The zero-order valence-electron chi connectivity index (χ0n) is 28.4. The first-order valence-corrected chi connectivity index (χ1v) is 18.9. The normalized spacial score (nSPS) is 11.7. The fourth-order valence-corrected chi connectivity index (χ4v) is 7.11. The van der Waals surface area contributed by atoms with E-state index in [9.17, 15) is 19.2 Å². The third-order valence-corrected chi connectivity index (χ3v) is 9.79. The Hall–Kier alpha value is -1.82. The van der Waals surface area contributed by atoms with E-state index in [2.05, 4.69) is 52.2 Å². The first-order chi connectivity index (χ1) is 20.7. The van der Waals surface area contributed by atoms with E-state index in [-0.39, 0.29) is 22.9 Å². The summed E-state index contributed by atoms with van der Waals surface area (Å²) < 4.78 is 0. The Morgan fingerprint density at radius 3 is 1.18 bits per heavy atom. The molecule has 0 unspecified atom stereocenters. The van der Waals surface area contributed by atoms with Crippen LogP contribution in [0, 0.1) is 0 Å². The maximum absolute atomic E-state index is 12.9. The molecule has 0 aliphatic heterocycles. The highest BCUT2D eigenvalue weighted by Crippen LogP contribution is 2.25.